The van der Waals surface area contributed by atoms with E-state index in [0.717, 1.165) is 41.3 Å². The number of carboxylic acids is 1. The second-order valence-electron chi connectivity index (χ2n) is 8.57. The average Bonchev–Trinajstić information content (AvgIpc) is 3.40. The highest BCUT2D eigenvalue weighted by Crippen LogP contribution is 2.24. The zero-order valence-electron chi connectivity index (χ0n) is 20.2. The lowest BCUT2D eigenvalue weighted by atomic mass is 9.99. The van der Waals surface area contributed by atoms with Crippen molar-refractivity contribution < 1.29 is 32.7 Å². The molecule has 4 N–H and O–H groups in total. The van der Waals surface area contributed by atoms with Crippen LogP contribution < -0.4 is 16.0 Å². The summed E-state index contributed by atoms with van der Waals surface area (Å²) in [6.07, 6.45) is -3.29. The minimum absolute atomic E-state index is 0.112. The van der Waals surface area contributed by atoms with Crippen LogP contribution in [0.1, 0.15) is 47.4 Å². The lowest BCUT2D eigenvalue weighted by molar-refractivity contribution is -0.192. The van der Waals surface area contributed by atoms with Gasteiger partial charge in [-0.05, 0) is 61.2 Å². The molecule has 0 unspecified atom stereocenters. The third-order valence-corrected chi connectivity index (χ3v) is 5.82. The van der Waals surface area contributed by atoms with Gasteiger partial charge in [0, 0.05) is 0 Å². The molecule has 1 fully saturated rings. The Morgan fingerprint density at radius 3 is 2.41 bits per heavy atom. The molecule has 37 heavy (non-hydrogen) atoms. The number of rotatable bonds is 5. The van der Waals surface area contributed by atoms with Gasteiger partial charge in [0.2, 0.25) is 5.91 Å². The summed E-state index contributed by atoms with van der Waals surface area (Å²) in [5.74, 6) is -2.74. The van der Waals surface area contributed by atoms with Crippen LogP contribution in [-0.2, 0) is 9.59 Å². The lowest BCUT2D eigenvalue weighted by Gasteiger charge is -2.18. The van der Waals surface area contributed by atoms with Crippen molar-refractivity contribution in [3.63, 3.8) is 0 Å². The molecule has 0 bridgehead atoms. The molecular weight excluding hydrogens is 489 g/mol. The molecule has 11 heteroatoms. The van der Waals surface area contributed by atoms with Gasteiger partial charge in [-0.15, -0.1) is 0 Å². The molecule has 0 radical (unpaired) electrons. The van der Waals surface area contributed by atoms with E-state index < -0.39 is 12.1 Å². The summed E-state index contributed by atoms with van der Waals surface area (Å²) in [6, 6.07) is 17.4. The Balaban J connectivity index is 0.000000479. The fourth-order valence-corrected chi connectivity index (χ4v) is 3.92. The zero-order chi connectivity index (χ0) is 27.2. The molecule has 2 amide bonds. The minimum Gasteiger partial charge on any atom is -0.475 e. The van der Waals surface area contributed by atoms with Crippen LogP contribution in [0.25, 0.3) is 10.8 Å². The number of carbonyl (C=O) groups excluding carboxylic acids is 2. The predicted octanol–water partition coefficient (Wildman–Crippen LogP) is 4.36. The molecule has 0 saturated carbocycles. The quantitative estimate of drug-likeness (QED) is 0.400. The van der Waals surface area contributed by atoms with Gasteiger partial charge in [0.25, 0.3) is 5.91 Å². The van der Waals surface area contributed by atoms with Gasteiger partial charge in [-0.2, -0.15) is 13.2 Å². The van der Waals surface area contributed by atoms with Gasteiger partial charge < -0.3 is 21.1 Å². The second kappa shape index (κ2) is 11.8. The van der Waals surface area contributed by atoms with Gasteiger partial charge >= 0.3 is 12.1 Å². The van der Waals surface area contributed by atoms with E-state index in [1.807, 2.05) is 44.2 Å². The Hall–Kier alpha value is -3.99. The molecule has 8 nitrogen and oxygen atoms in total. The summed E-state index contributed by atoms with van der Waals surface area (Å²) >= 11 is 0. The number of aryl methyl sites for hydroxylation is 1. The number of hydrogen-bond acceptors (Lipinski definition) is 5. The number of carbonyl (C=O) groups is 3. The Morgan fingerprint density at radius 2 is 1.76 bits per heavy atom. The molecule has 3 aromatic rings. The topological polar surface area (TPSA) is 120 Å². The molecule has 196 valence electrons. The van der Waals surface area contributed by atoms with E-state index in [1.165, 1.54) is 0 Å². The predicted molar refractivity (Wildman–Crippen MR) is 132 cm³/mol. The highest BCUT2D eigenvalue weighted by Gasteiger charge is 2.38. The van der Waals surface area contributed by atoms with E-state index in [2.05, 4.69) is 39.1 Å². The molecule has 1 aromatic heterocycles. The van der Waals surface area contributed by atoms with Crippen molar-refractivity contribution >= 4 is 34.4 Å². The fourth-order valence-electron chi connectivity index (χ4n) is 3.92. The maximum Gasteiger partial charge on any atom is 0.490 e. The molecule has 0 spiro atoms. The first-order chi connectivity index (χ1) is 17.5. The van der Waals surface area contributed by atoms with Crippen LogP contribution in [0.5, 0.6) is 0 Å². The summed E-state index contributed by atoms with van der Waals surface area (Å²) in [4.78, 5) is 38.7. The normalized spacial score (nSPS) is 15.9. The standard InChI is InChI=1S/C24H26N4O2.C2HF3O2/c1-15-12-13-21(28-23(29)20-11-6-14-25-20)27-22(15)24(30)26-16(2)18-10-5-8-17-7-3-4-9-19(17)18;3-2(4,5)1(6)7/h3-5,7-10,12-13,16,20,25H,6,11,14H2,1-2H3,(H,26,30)(H,27,28,29);(H,6,7)/t16-,20-;/m1./s1. The number of nitrogens with one attached hydrogen (secondary N) is 3. The molecule has 4 rings (SSSR count). The molecule has 2 heterocycles. The largest absolute Gasteiger partial charge is 0.490 e. The average molecular weight is 517 g/mol. The summed E-state index contributed by atoms with van der Waals surface area (Å²) in [5.41, 5.74) is 2.13. The zero-order valence-corrected chi connectivity index (χ0v) is 20.2. The maximum absolute atomic E-state index is 13.0. The van der Waals surface area contributed by atoms with E-state index in [1.54, 1.807) is 6.07 Å². The van der Waals surface area contributed by atoms with E-state index in [0.29, 0.717) is 11.5 Å². The van der Waals surface area contributed by atoms with Gasteiger partial charge in [0.05, 0.1) is 12.1 Å². The summed E-state index contributed by atoms with van der Waals surface area (Å²) in [6.45, 7) is 4.65. The van der Waals surface area contributed by atoms with Crippen molar-refractivity contribution in [2.24, 2.45) is 0 Å². The Bertz CT molecular complexity index is 1290. The van der Waals surface area contributed by atoms with Crippen LogP contribution in [0.15, 0.2) is 54.6 Å². The van der Waals surface area contributed by atoms with Crippen LogP contribution in [0.3, 0.4) is 0 Å². The van der Waals surface area contributed by atoms with Crippen molar-refractivity contribution in [3.8, 4) is 0 Å². The Kier molecular flexibility index (Phi) is 8.82. The summed E-state index contributed by atoms with van der Waals surface area (Å²) in [7, 11) is 0. The van der Waals surface area contributed by atoms with Crippen molar-refractivity contribution in [2.75, 3.05) is 11.9 Å². The van der Waals surface area contributed by atoms with Crippen LogP contribution in [0.2, 0.25) is 0 Å². The van der Waals surface area contributed by atoms with E-state index in [-0.39, 0.29) is 23.9 Å². The molecule has 2 aromatic carbocycles. The third-order valence-electron chi connectivity index (χ3n) is 5.82. The van der Waals surface area contributed by atoms with E-state index in [9.17, 15) is 22.8 Å². The molecule has 2 atom stereocenters. The van der Waals surface area contributed by atoms with Crippen LogP contribution in [0, 0.1) is 6.92 Å². The van der Waals surface area contributed by atoms with Crippen LogP contribution >= 0.6 is 0 Å². The number of benzene rings is 2. The van der Waals surface area contributed by atoms with Gasteiger partial charge in [0.1, 0.15) is 11.5 Å². The third kappa shape index (κ3) is 7.26. The van der Waals surface area contributed by atoms with Crippen LogP contribution in [0.4, 0.5) is 19.0 Å². The second-order valence-corrected chi connectivity index (χ2v) is 8.57. The van der Waals surface area contributed by atoms with Crippen LogP contribution in [-0.4, -0.2) is 46.6 Å². The smallest absolute Gasteiger partial charge is 0.475 e. The van der Waals surface area contributed by atoms with Crippen molar-refractivity contribution in [1.29, 1.82) is 0 Å². The van der Waals surface area contributed by atoms with Crippen molar-refractivity contribution in [1.82, 2.24) is 15.6 Å². The minimum atomic E-state index is -5.08. The fraction of sp³-hybridized carbons (Fsp3) is 0.308. The lowest BCUT2D eigenvalue weighted by Crippen LogP contribution is -2.36. The number of nitrogens with zero attached hydrogens (tertiary/aromatic N) is 1. The Morgan fingerprint density at radius 1 is 1.08 bits per heavy atom. The number of amides is 2. The number of aliphatic carboxylic acids is 1. The monoisotopic (exact) mass is 516 g/mol. The number of anilines is 1. The number of aromatic nitrogens is 1. The van der Waals surface area contributed by atoms with Crippen molar-refractivity contribution in [3.05, 3.63) is 71.4 Å². The SMILES string of the molecule is Cc1ccc(NC(=O)[C@H]2CCCN2)nc1C(=O)N[C@H](C)c1cccc2ccccc12.O=C(O)C(F)(F)F. The highest BCUT2D eigenvalue weighted by molar-refractivity contribution is 5.97. The number of alkyl halides is 3. The number of fused-ring (bicyclic) bond motifs is 1. The number of halogens is 3. The molecule has 0 aliphatic carbocycles. The van der Waals surface area contributed by atoms with E-state index in [4.69, 9.17) is 9.90 Å². The molecule has 1 aliphatic heterocycles. The number of pyridine rings is 1. The summed E-state index contributed by atoms with van der Waals surface area (Å²) < 4.78 is 31.7. The first-order valence-electron chi connectivity index (χ1n) is 11.6. The number of carboxylic acid groups (broad SMARTS) is 1. The van der Waals surface area contributed by atoms with Gasteiger partial charge in [0.15, 0.2) is 0 Å². The highest BCUT2D eigenvalue weighted by atomic mass is 19.4. The maximum atomic E-state index is 13.0. The molecule has 1 aliphatic rings. The first kappa shape index (κ1) is 27.6. The van der Waals surface area contributed by atoms with Gasteiger partial charge in [-0.1, -0.05) is 48.5 Å². The van der Waals surface area contributed by atoms with Gasteiger partial charge in [-0.25, -0.2) is 9.78 Å². The van der Waals surface area contributed by atoms with Gasteiger partial charge in [-0.3, -0.25) is 9.59 Å². The first-order valence-corrected chi connectivity index (χ1v) is 11.6. The van der Waals surface area contributed by atoms with Crippen molar-refractivity contribution in [2.45, 2.75) is 44.9 Å². The molecular formula is C26H27F3N4O4. The number of hydrogen-bond donors (Lipinski definition) is 4. The summed E-state index contributed by atoms with van der Waals surface area (Å²) in [5, 5.41) is 18.4. The molecule has 1 saturated heterocycles. The Labute approximate surface area is 211 Å². The van der Waals surface area contributed by atoms with E-state index >= 15 is 0 Å².